The lowest BCUT2D eigenvalue weighted by molar-refractivity contribution is 0.103. The normalized spacial score (nSPS) is 10.5. The molecule has 0 amide bonds. The lowest BCUT2D eigenvalue weighted by Gasteiger charge is -2.05. The van der Waals surface area contributed by atoms with E-state index in [4.69, 9.17) is 5.73 Å². The highest BCUT2D eigenvalue weighted by atomic mass is 79.9. The zero-order chi connectivity index (χ0) is 14.8. The lowest BCUT2D eigenvalue weighted by atomic mass is 10.1. The van der Waals surface area contributed by atoms with Gasteiger partial charge in [0, 0.05) is 10.0 Å². The van der Waals surface area contributed by atoms with Crippen LogP contribution in [0.2, 0.25) is 0 Å². The zero-order valence-corrected chi connectivity index (χ0v) is 12.6. The van der Waals surface area contributed by atoms with Crippen LogP contribution in [-0.4, -0.2) is 15.6 Å². The van der Waals surface area contributed by atoms with Crippen LogP contribution in [0.5, 0.6) is 0 Å². The van der Waals surface area contributed by atoms with Crippen LogP contribution in [0.15, 0.2) is 65.3 Å². The fourth-order valence-electron chi connectivity index (χ4n) is 2.06. The van der Waals surface area contributed by atoms with Crippen molar-refractivity contribution in [2.75, 3.05) is 5.73 Å². The third-order valence-electron chi connectivity index (χ3n) is 3.16. The Balaban J connectivity index is 1.99. The Hall–Kier alpha value is -2.40. The quantitative estimate of drug-likeness (QED) is 0.742. The van der Waals surface area contributed by atoms with Crippen molar-refractivity contribution in [1.82, 2.24) is 9.78 Å². The minimum absolute atomic E-state index is 0.137. The molecule has 4 nitrogen and oxygen atoms in total. The van der Waals surface area contributed by atoms with Crippen LogP contribution in [0.25, 0.3) is 5.69 Å². The first-order valence-corrected chi connectivity index (χ1v) is 7.15. The summed E-state index contributed by atoms with van der Waals surface area (Å²) in [7, 11) is 0. The summed E-state index contributed by atoms with van der Waals surface area (Å²) in [4.78, 5) is 12.5. The molecule has 0 saturated carbocycles. The van der Waals surface area contributed by atoms with E-state index in [0.29, 0.717) is 16.9 Å². The molecule has 21 heavy (non-hydrogen) atoms. The molecule has 0 spiro atoms. The van der Waals surface area contributed by atoms with E-state index in [1.54, 1.807) is 16.8 Å². The summed E-state index contributed by atoms with van der Waals surface area (Å²) in [6.07, 6.45) is 1.51. The SMILES string of the molecule is Nc1c(C(=O)c2ccc(Br)cc2)cnn1-c1ccccc1. The smallest absolute Gasteiger partial charge is 0.198 e. The van der Waals surface area contributed by atoms with Gasteiger partial charge in [-0.15, -0.1) is 0 Å². The first-order valence-electron chi connectivity index (χ1n) is 6.36. The maximum absolute atomic E-state index is 12.5. The van der Waals surface area contributed by atoms with Crippen LogP contribution in [0.3, 0.4) is 0 Å². The number of halogens is 1. The van der Waals surface area contributed by atoms with Crippen molar-refractivity contribution in [3.05, 3.63) is 76.4 Å². The standard InChI is InChI=1S/C16H12BrN3O/c17-12-8-6-11(7-9-12)15(21)14-10-19-20(16(14)18)13-4-2-1-3-5-13/h1-10H,18H2. The van der Waals surface area contributed by atoms with E-state index in [1.165, 1.54) is 6.20 Å². The summed E-state index contributed by atoms with van der Waals surface area (Å²) in [5.74, 6) is 0.205. The van der Waals surface area contributed by atoms with E-state index in [9.17, 15) is 4.79 Å². The number of hydrogen-bond acceptors (Lipinski definition) is 3. The average molecular weight is 342 g/mol. The van der Waals surface area contributed by atoms with Crippen molar-refractivity contribution in [3.63, 3.8) is 0 Å². The maximum atomic E-state index is 12.5. The summed E-state index contributed by atoms with van der Waals surface area (Å²) in [6, 6.07) is 16.6. The molecule has 0 atom stereocenters. The number of anilines is 1. The Bertz CT molecular complexity index is 779. The van der Waals surface area contributed by atoms with Crippen molar-refractivity contribution in [3.8, 4) is 5.69 Å². The van der Waals surface area contributed by atoms with Crippen LogP contribution in [0, 0.1) is 0 Å². The Morgan fingerprint density at radius 2 is 1.71 bits per heavy atom. The van der Waals surface area contributed by atoms with Gasteiger partial charge in [-0.25, -0.2) is 4.68 Å². The molecule has 3 aromatic rings. The number of rotatable bonds is 3. The number of benzene rings is 2. The number of hydrogen-bond donors (Lipinski definition) is 1. The topological polar surface area (TPSA) is 60.9 Å². The Morgan fingerprint density at radius 1 is 1.05 bits per heavy atom. The third-order valence-corrected chi connectivity index (χ3v) is 3.69. The van der Waals surface area contributed by atoms with Crippen LogP contribution >= 0.6 is 15.9 Å². The summed E-state index contributed by atoms with van der Waals surface area (Å²) in [5.41, 5.74) is 7.88. The van der Waals surface area contributed by atoms with Gasteiger partial charge in [0.15, 0.2) is 5.78 Å². The van der Waals surface area contributed by atoms with Crippen molar-refractivity contribution in [2.24, 2.45) is 0 Å². The van der Waals surface area contributed by atoms with Gasteiger partial charge in [0.1, 0.15) is 5.82 Å². The molecule has 0 radical (unpaired) electrons. The minimum atomic E-state index is -0.137. The number of para-hydroxylation sites is 1. The monoisotopic (exact) mass is 341 g/mol. The second kappa shape index (κ2) is 5.54. The van der Waals surface area contributed by atoms with Gasteiger partial charge in [-0.2, -0.15) is 5.10 Å². The predicted molar refractivity (Wildman–Crippen MR) is 85.6 cm³/mol. The van der Waals surface area contributed by atoms with E-state index in [-0.39, 0.29) is 5.78 Å². The number of nitrogen functional groups attached to an aromatic ring is 1. The number of aromatic nitrogens is 2. The molecule has 0 bridgehead atoms. The average Bonchev–Trinajstić information content (AvgIpc) is 2.90. The number of ketones is 1. The van der Waals surface area contributed by atoms with E-state index < -0.39 is 0 Å². The van der Waals surface area contributed by atoms with E-state index in [2.05, 4.69) is 21.0 Å². The molecule has 2 aromatic carbocycles. The van der Waals surface area contributed by atoms with Crippen LogP contribution in [0.4, 0.5) is 5.82 Å². The van der Waals surface area contributed by atoms with Gasteiger partial charge in [0.05, 0.1) is 17.4 Å². The fraction of sp³-hybridized carbons (Fsp3) is 0. The first kappa shape index (κ1) is 13.6. The molecule has 0 unspecified atom stereocenters. The minimum Gasteiger partial charge on any atom is -0.383 e. The molecule has 0 aliphatic heterocycles. The molecule has 0 aliphatic rings. The maximum Gasteiger partial charge on any atom is 0.198 e. The zero-order valence-electron chi connectivity index (χ0n) is 11.0. The Kier molecular flexibility index (Phi) is 3.58. The number of nitrogens with two attached hydrogens (primary N) is 1. The summed E-state index contributed by atoms with van der Waals surface area (Å²) in [6.45, 7) is 0. The molecule has 1 aromatic heterocycles. The highest BCUT2D eigenvalue weighted by Crippen LogP contribution is 2.21. The number of carbonyl (C=O) groups excluding carboxylic acids is 1. The highest BCUT2D eigenvalue weighted by Gasteiger charge is 2.17. The first-order chi connectivity index (χ1) is 10.2. The number of carbonyl (C=O) groups is 1. The molecule has 1 heterocycles. The molecule has 0 saturated heterocycles. The van der Waals surface area contributed by atoms with Gasteiger partial charge >= 0.3 is 0 Å². The molecule has 0 fully saturated rings. The summed E-state index contributed by atoms with van der Waals surface area (Å²) in [5, 5.41) is 4.21. The molecule has 2 N–H and O–H groups in total. The van der Waals surface area contributed by atoms with Crippen molar-refractivity contribution < 1.29 is 4.79 Å². The van der Waals surface area contributed by atoms with Gasteiger partial charge < -0.3 is 5.73 Å². The molecule has 3 rings (SSSR count). The largest absolute Gasteiger partial charge is 0.383 e. The number of nitrogens with zero attached hydrogens (tertiary/aromatic N) is 2. The van der Waals surface area contributed by atoms with Gasteiger partial charge in [0.2, 0.25) is 0 Å². The molecular weight excluding hydrogens is 330 g/mol. The summed E-state index contributed by atoms with van der Waals surface area (Å²) < 4.78 is 2.48. The third kappa shape index (κ3) is 2.60. The van der Waals surface area contributed by atoms with E-state index in [0.717, 1.165) is 10.2 Å². The Morgan fingerprint density at radius 3 is 2.38 bits per heavy atom. The van der Waals surface area contributed by atoms with Crippen molar-refractivity contribution in [1.29, 1.82) is 0 Å². The van der Waals surface area contributed by atoms with E-state index >= 15 is 0 Å². The molecule has 0 aliphatic carbocycles. The highest BCUT2D eigenvalue weighted by molar-refractivity contribution is 9.10. The van der Waals surface area contributed by atoms with E-state index in [1.807, 2.05) is 42.5 Å². The molecule has 5 heteroatoms. The lowest BCUT2D eigenvalue weighted by Crippen LogP contribution is -2.07. The predicted octanol–water partition coefficient (Wildman–Crippen LogP) is 3.45. The van der Waals surface area contributed by atoms with Crippen molar-refractivity contribution in [2.45, 2.75) is 0 Å². The van der Waals surface area contributed by atoms with Crippen LogP contribution < -0.4 is 5.73 Å². The van der Waals surface area contributed by atoms with Crippen LogP contribution in [-0.2, 0) is 0 Å². The summed E-state index contributed by atoms with van der Waals surface area (Å²) >= 11 is 3.35. The fourth-order valence-corrected chi connectivity index (χ4v) is 2.33. The Labute approximate surface area is 130 Å². The molecular formula is C16H12BrN3O. The van der Waals surface area contributed by atoms with Crippen LogP contribution in [0.1, 0.15) is 15.9 Å². The second-order valence-corrected chi connectivity index (χ2v) is 5.44. The molecule has 104 valence electrons. The van der Waals surface area contributed by atoms with Gasteiger partial charge in [-0.1, -0.05) is 34.1 Å². The van der Waals surface area contributed by atoms with Crippen molar-refractivity contribution >= 4 is 27.5 Å². The van der Waals surface area contributed by atoms with Gasteiger partial charge in [0.25, 0.3) is 0 Å². The van der Waals surface area contributed by atoms with Gasteiger partial charge in [-0.3, -0.25) is 4.79 Å². The second-order valence-electron chi connectivity index (χ2n) is 4.53. The van der Waals surface area contributed by atoms with Gasteiger partial charge in [-0.05, 0) is 36.4 Å².